The molecule has 94 valence electrons. The van der Waals surface area contributed by atoms with E-state index in [1.807, 2.05) is 26.8 Å². The molecular formula is C14H20ClOZr-. The Morgan fingerprint density at radius 3 is 1.76 bits per heavy atom. The molecule has 0 heterocycles. The van der Waals surface area contributed by atoms with Gasteiger partial charge in [0.15, 0.2) is 0 Å². The molecule has 0 aromatic heterocycles. The average molecular weight is 331 g/mol. The van der Waals surface area contributed by atoms with Gasteiger partial charge in [-0.1, -0.05) is 65.3 Å². The van der Waals surface area contributed by atoms with Crippen molar-refractivity contribution in [3.8, 4) is 5.75 Å². The van der Waals surface area contributed by atoms with E-state index in [2.05, 4.69) is 20.8 Å². The fourth-order valence-corrected chi connectivity index (χ4v) is 2.56. The van der Waals surface area contributed by atoms with Crippen molar-refractivity contribution in [1.82, 2.24) is 0 Å². The zero-order valence-electron chi connectivity index (χ0n) is 11.4. The van der Waals surface area contributed by atoms with Crippen LogP contribution in [0.25, 0.3) is 0 Å². The first-order valence-corrected chi connectivity index (χ1v) is 5.93. The van der Waals surface area contributed by atoms with Gasteiger partial charge in [0.1, 0.15) is 0 Å². The molecular weight excluding hydrogens is 311 g/mol. The molecule has 0 aliphatic rings. The summed E-state index contributed by atoms with van der Waals surface area (Å²) >= 11 is 6.38. The molecule has 1 aromatic rings. The first-order chi connectivity index (χ1) is 7.05. The van der Waals surface area contributed by atoms with Gasteiger partial charge in [-0.25, -0.2) is 0 Å². The summed E-state index contributed by atoms with van der Waals surface area (Å²) in [4.78, 5) is 0. The minimum atomic E-state index is -0.213. The molecule has 17 heavy (non-hydrogen) atoms. The average Bonchev–Trinajstić information content (AvgIpc) is 1.97. The molecule has 1 aromatic carbocycles. The van der Waals surface area contributed by atoms with Crippen LogP contribution in [0.2, 0.25) is 5.02 Å². The van der Waals surface area contributed by atoms with Crippen LogP contribution < -0.4 is 5.11 Å². The molecule has 0 bridgehead atoms. The van der Waals surface area contributed by atoms with E-state index in [0.717, 1.165) is 11.1 Å². The predicted molar refractivity (Wildman–Crippen MR) is 68.3 cm³/mol. The molecule has 0 saturated carbocycles. The van der Waals surface area contributed by atoms with Gasteiger partial charge in [0.2, 0.25) is 0 Å². The Labute approximate surface area is 129 Å². The van der Waals surface area contributed by atoms with Crippen molar-refractivity contribution >= 4 is 11.6 Å². The second kappa shape index (κ2) is 5.45. The van der Waals surface area contributed by atoms with Crippen molar-refractivity contribution in [2.75, 3.05) is 0 Å². The largest absolute Gasteiger partial charge is 0.872 e. The van der Waals surface area contributed by atoms with Gasteiger partial charge in [0.05, 0.1) is 0 Å². The van der Waals surface area contributed by atoms with Gasteiger partial charge in [-0.05, 0) is 22.0 Å². The van der Waals surface area contributed by atoms with Gasteiger partial charge >= 0.3 is 0 Å². The molecule has 0 saturated heterocycles. The summed E-state index contributed by atoms with van der Waals surface area (Å²) in [6.45, 7) is 12.4. The third-order valence-corrected chi connectivity index (χ3v) is 3.05. The Hall–Kier alpha value is 0.193. The van der Waals surface area contributed by atoms with Gasteiger partial charge in [0.25, 0.3) is 0 Å². The monoisotopic (exact) mass is 329 g/mol. The Morgan fingerprint density at radius 2 is 1.41 bits per heavy atom. The summed E-state index contributed by atoms with van der Waals surface area (Å²) in [6.07, 6.45) is 0. The minimum absolute atomic E-state index is 0. The van der Waals surface area contributed by atoms with Crippen LogP contribution in [0, 0.1) is 0 Å². The fraction of sp³-hybridized carbons (Fsp3) is 0.571. The van der Waals surface area contributed by atoms with Gasteiger partial charge in [-0.2, -0.15) is 0 Å². The number of hydrogen-bond donors (Lipinski definition) is 0. The van der Waals surface area contributed by atoms with Crippen LogP contribution in [0.5, 0.6) is 5.75 Å². The van der Waals surface area contributed by atoms with E-state index < -0.39 is 0 Å². The van der Waals surface area contributed by atoms with Crippen molar-refractivity contribution in [1.29, 1.82) is 0 Å². The van der Waals surface area contributed by atoms with E-state index in [1.165, 1.54) is 0 Å². The molecule has 3 heteroatoms. The van der Waals surface area contributed by atoms with Crippen molar-refractivity contribution in [2.45, 2.75) is 52.4 Å². The topological polar surface area (TPSA) is 23.1 Å². The van der Waals surface area contributed by atoms with E-state index in [-0.39, 0.29) is 42.8 Å². The van der Waals surface area contributed by atoms with Crippen LogP contribution in [0.4, 0.5) is 0 Å². The summed E-state index contributed by atoms with van der Waals surface area (Å²) in [5.41, 5.74) is 1.51. The molecule has 0 N–H and O–H groups in total. The second-order valence-electron chi connectivity index (χ2n) is 6.30. The third-order valence-electron chi connectivity index (χ3n) is 2.66. The Morgan fingerprint density at radius 1 is 0.941 bits per heavy atom. The fourth-order valence-electron chi connectivity index (χ4n) is 1.84. The first-order valence-electron chi connectivity index (χ1n) is 5.55. The first kappa shape index (κ1) is 17.2. The summed E-state index contributed by atoms with van der Waals surface area (Å²) in [5.74, 6) is 0.0329. The van der Waals surface area contributed by atoms with E-state index in [0.29, 0.717) is 5.02 Å². The maximum absolute atomic E-state index is 11.9. The molecule has 1 nitrogen and oxygen atoms in total. The van der Waals surface area contributed by atoms with Crippen LogP contribution >= 0.6 is 11.6 Å². The minimum Gasteiger partial charge on any atom is -0.872 e. The Kier molecular flexibility index (Phi) is 5.51. The molecule has 0 atom stereocenters. The van der Waals surface area contributed by atoms with Crippen molar-refractivity contribution in [3.63, 3.8) is 0 Å². The smallest absolute Gasteiger partial charge is 0.0474 e. The number of rotatable bonds is 0. The molecule has 0 aliphatic heterocycles. The maximum Gasteiger partial charge on any atom is 0.0474 e. The predicted octanol–water partition coefficient (Wildman–Crippen LogP) is 4.01. The van der Waals surface area contributed by atoms with Crippen LogP contribution in [-0.2, 0) is 37.0 Å². The van der Waals surface area contributed by atoms with E-state index >= 15 is 0 Å². The SMILES string of the molecule is CC(C)(C)c1ccc([O-])c(C(C)(C)C)c1Cl.[Zr]. The van der Waals surface area contributed by atoms with Crippen molar-refractivity contribution in [3.05, 3.63) is 28.3 Å². The Bertz CT molecular complexity index is 400. The normalized spacial score (nSPS) is 12.2. The van der Waals surface area contributed by atoms with Gasteiger partial charge < -0.3 is 5.11 Å². The standard InChI is InChI=1S/C14H21ClO.Zr/c1-13(2,3)9-7-8-10(16)11(12(9)15)14(4,5)6;/h7-8,16H,1-6H3;/p-1. The molecule has 0 spiro atoms. The van der Waals surface area contributed by atoms with E-state index in [4.69, 9.17) is 11.6 Å². The van der Waals surface area contributed by atoms with E-state index in [9.17, 15) is 5.11 Å². The molecule has 0 fully saturated rings. The maximum atomic E-state index is 11.9. The molecule has 0 radical (unpaired) electrons. The van der Waals surface area contributed by atoms with Crippen molar-refractivity contribution < 1.29 is 31.3 Å². The van der Waals surface area contributed by atoms with Crippen LogP contribution in [-0.4, -0.2) is 0 Å². The molecule has 1 rings (SSSR count). The number of hydrogen-bond acceptors (Lipinski definition) is 1. The van der Waals surface area contributed by atoms with E-state index in [1.54, 1.807) is 6.07 Å². The molecule has 0 unspecified atom stereocenters. The van der Waals surface area contributed by atoms with Gasteiger partial charge in [0, 0.05) is 31.2 Å². The zero-order valence-corrected chi connectivity index (χ0v) is 14.7. The van der Waals surface area contributed by atoms with Gasteiger partial charge in [-0.3, -0.25) is 0 Å². The summed E-state index contributed by atoms with van der Waals surface area (Å²) < 4.78 is 0. The van der Waals surface area contributed by atoms with Crippen LogP contribution in [0.15, 0.2) is 12.1 Å². The number of halogens is 1. The zero-order chi connectivity index (χ0) is 12.7. The van der Waals surface area contributed by atoms with Crippen LogP contribution in [0.3, 0.4) is 0 Å². The molecule has 0 amide bonds. The third kappa shape index (κ3) is 3.83. The molecule has 0 aliphatic carbocycles. The summed E-state index contributed by atoms with van der Waals surface area (Å²) in [7, 11) is 0. The summed E-state index contributed by atoms with van der Waals surface area (Å²) in [5, 5.41) is 12.5. The summed E-state index contributed by atoms with van der Waals surface area (Å²) in [6, 6.07) is 3.48. The van der Waals surface area contributed by atoms with Crippen molar-refractivity contribution in [2.24, 2.45) is 0 Å². The Balaban J connectivity index is 0.00000256. The van der Waals surface area contributed by atoms with Gasteiger partial charge in [-0.15, -0.1) is 5.75 Å². The second-order valence-corrected chi connectivity index (χ2v) is 6.68. The van der Waals surface area contributed by atoms with Crippen LogP contribution in [0.1, 0.15) is 52.7 Å². The quantitative estimate of drug-likeness (QED) is 0.705. The number of benzene rings is 1.